The predicted molar refractivity (Wildman–Crippen MR) is 114 cm³/mol. The monoisotopic (exact) mass is 356 g/mol. The molecule has 4 rings (SSSR count). The van der Waals surface area contributed by atoms with Gasteiger partial charge in [-0.15, -0.1) is 0 Å². The van der Waals surface area contributed by atoms with Crippen LogP contribution in [-0.4, -0.2) is 5.11 Å². The maximum absolute atomic E-state index is 10.7. The number of phenols is 1. The summed E-state index contributed by atoms with van der Waals surface area (Å²) < 4.78 is 0. The molecule has 138 valence electrons. The smallest absolute Gasteiger partial charge is 0.123 e. The molecule has 3 aromatic rings. The molecule has 0 aromatic heterocycles. The van der Waals surface area contributed by atoms with Crippen LogP contribution in [0.1, 0.15) is 55.7 Å². The van der Waals surface area contributed by atoms with E-state index in [0.29, 0.717) is 5.75 Å². The summed E-state index contributed by atoms with van der Waals surface area (Å²) in [5, 5.41) is 10.7. The first-order valence-electron chi connectivity index (χ1n) is 10.3. The lowest BCUT2D eigenvalue weighted by molar-refractivity contribution is 0.476. The Hall–Kier alpha value is -2.54. The average molecular weight is 357 g/mol. The highest BCUT2D eigenvalue weighted by atomic mass is 16.3. The van der Waals surface area contributed by atoms with E-state index in [-0.39, 0.29) is 0 Å². The van der Waals surface area contributed by atoms with Crippen LogP contribution in [0.5, 0.6) is 5.75 Å². The van der Waals surface area contributed by atoms with E-state index in [2.05, 4.69) is 55.5 Å². The Balaban J connectivity index is 1.69. The number of unbranched alkanes of at least 4 members (excludes halogenated alkanes) is 4. The average Bonchev–Trinajstić information content (AvgIpc) is 3.07. The van der Waals surface area contributed by atoms with Gasteiger partial charge >= 0.3 is 0 Å². The van der Waals surface area contributed by atoms with Crippen LogP contribution in [0, 0.1) is 0 Å². The molecule has 0 radical (unpaired) electrons. The van der Waals surface area contributed by atoms with Gasteiger partial charge in [-0.05, 0) is 58.7 Å². The Morgan fingerprint density at radius 2 is 1.48 bits per heavy atom. The third-order valence-corrected chi connectivity index (χ3v) is 5.80. The molecule has 0 amide bonds. The van der Waals surface area contributed by atoms with Crippen LogP contribution in [0.3, 0.4) is 0 Å². The summed E-state index contributed by atoms with van der Waals surface area (Å²) in [5.74, 6) is 0.408. The van der Waals surface area contributed by atoms with Gasteiger partial charge in [0.25, 0.3) is 0 Å². The molecule has 1 nitrogen and oxygen atoms in total. The zero-order chi connectivity index (χ0) is 18.6. The minimum atomic E-state index is 0.408. The maximum Gasteiger partial charge on any atom is 0.123 e. The van der Waals surface area contributed by atoms with E-state index in [0.717, 1.165) is 18.4 Å². The molecule has 0 fully saturated rings. The van der Waals surface area contributed by atoms with Crippen molar-refractivity contribution in [1.82, 2.24) is 0 Å². The highest BCUT2D eigenvalue weighted by Crippen LogP contribution is 2.44. The van der Waals surface area contributed by atoms with Gasteiger partial charge in [0.1, 0.15) is 5.75 Å². The SMILES string of the molecule is CCCCCCCc1cccc(O)c1-c1cccc2c1Cc1ccccc1-2. The number of fused-ring (bicyclic) bond motifs is 3. The summed E-state index contributed by atoms with van der Waals surface area (Å²) in [7, 11) is 0. The molecule has 0 spiro atoms. The van der Waals surface area contributed by atoms with E-state index in [9.17, 15) is 5.11 Å². The van der Waals surface area contributed by atoms with Crippen LogP contribution in [-0.2, 0) is 12.8 Å². The largest absolute Gasteiger partial charge is 0.507 e. The first-order valence-corrected chi connectivity index (χ1v) is 10.3. The minimum absolute atomic E-state index is 0.408. The summed E-state index contributed by atoms with van der Waals surface area (Å²) in [5.41, 5.74) is 8.91. The van der Waals surface area contributed by atoms with E-state index >= 15 is 0 Å². The topological polar surface area (TPSA) is 20.2 Å². The molecule has 0 unspecified atom stereocenters. The standard InChI is InChI=1S/C26H28O/c1-2-3-4-5-6-11-19-13-9-17-25(27)26(19)23-16-10-15-22-21-14-8-7-12-20(21)18-24(22)23/h7-10,12-17,27H,2-6,11,18H2,1H3. The van der Waals surface area contributed by atoms with Crippen LogP contribution < -0.4 is 0 Å². The molecule has 0 bridgehead atoms. The Labute approximate surface area is 162 Å². The van der Waals surface area contributed by atoms with Gasteiger partial charge in [0, 0.05) is 5.56 Å². The Morgan fingerprint density at radius 3 is 2.37 bits per heavy atom. The third-order valence-electron chi connectivity index (χ3n) is 5.80. The number of rotatable bonds is 7. The number of aryl methyl sites for hydroxylation is 1. The van der Waals surface area contributed by atoms with E-state index in [1.165, 1.54) is 65.5 Å². The molecule has 0 saturated heterocycles. The highest BCUT2D eigenvalue weighted by Gasteiger charge is 2.23. The summed E-state index contributed by atoms with van der Waals surface area (Å²) in [6.07, 6.45) is 8.33. The van der Waals surface area contributed by atoms with Crippen molar-refractivity contribution in [2.24, 2.45) is 0 Å². The van der Waals surface area contributed by atoms with Crippen LogP contribution in [0.25, 0.3) is 22.3 Å². The van der Waals surface area contributed by atoms with Crippen molar-refractivity contribution in [1.29, 1.82) is 0 Å². The fraction of sp³-hybridized carbons (Fsp3) is 0.308. The fourth-order valence-electron chi connectivity index (χ4n) is 4.42. The maximum atomic E-state index is 10.7. The predicted octanol–water partition coefficient (Wildman–Crippen LogP) is 7.14. The summed E-state index contributed by atoms with van der Waals surface area (Å²) in [6, 6.07) is 21.2. The summed E-state index contributed by atoms with van der Waals surface area (Å²) >= 11 is 0. The zero-order valence-electron chi connectivity index (χ0n) is 16.2. The first kappa shape index (κ1) is 17.9. The molecule has 1 aliphatic carbocycles. The molecule has 1 aliphatic rings. The lowest BCUT2D eigenvalue weighted by Crippen LogP contribution is -1.95. The molecular weight excluding hydrogens is 328 g/mol. The zero-order valence-corrected chi connectivity index (χ0v) is 16.2. The molecule has 0 atom stereocenters. The van der Waals surface area contributed by atoms with E-state index < -0.39 is 0 Å². The quantitative estimate of drug-likeness (QED) is 0.349. The Kier molecular flexibility index (Phi) is 5.29. The highest BCUT2D eigenvalue weighted by molar-refractivity contribution is 5.87. The molecule has 1 N–H and O–H groups in total. The molecule has 1 heteroatoms. The second-order valence-corrected chi connectivity index (χ2v) is 7.64. The van der Waals surface area contributed by atoms with Crippen molar-refractivity contribution in [3.05, 3.63) is 77.4 Å². The van der Waals surface area contributed by atoms with Gasteiger partial charge < -0.3 is 5.11 Å². The molecule has 27 heavy (non-hydrogen) atoms. The minimum Gasteiger partial charge on any atom is -0.507 e. The second kappa shape index (κ2) is 8.00. The lowest BCUT2D eigenvalue weighted by Gasteiger charge is -2.15. The molecular formula is C26H28O. The van der Waals surface area contributed by atoms with E-state index in [1.807, 2.05) is 12.1 Å². The van der Waals surface area contributed by atoms with E-state index in [1.54, 1.807) is 0 Å². The van der Waals surface area contributed by atoms with Gasteiger partial charge in [0.05, 0.1) is 0 Å². The summed E-state index contributed by atoms with van der Waals surface area (Å²) in [4.78, 5) is 0. The number of hydrogen-bond acceptors (Lipinski definition) is 1. The molecule has 0 aliphatic heterocycles. The van der Waals surface area contributed by atoms with Gasteiger partial charge in [-0.25, -0.2) is 0 Å². The van der Waals surface area contributed by atoms with E-state index in [4.69, 9.17) is 0 Å². The van der Waals surface area contributed by atoms with Crippen molar-refractivity contribution in [3.8, 4) is 28.0 Å². The van der Waals surface area contributed by atoms with Gasteiger partial charge in [-0.2, -0.15) is 0 Å². The van der Waals surface area contributed by atoms with Crippen LogP contribution in [0.2, 0.25) is 0 Å². The van der Waals surface area contributed by atoms with Crippen molar-refractivity contribution in [2.75, 3.05) is 0 Å². The van der Waals surface area contributed by atoms with Crippen molar-refractivity contribution in [2.45, 2.75) is 51.9 Å². The van der Waals surface area contributed by atoms with Crippen LogP contribution in [0.15, 0.2) is 60.7 Å². The first-order chi connectivity index (χ1) is 13.3. The summed E-state index contributed by atoms with van der Waals surface area (Å²) in [6.45, 7) is 2.25. The molecule has 3 aromatic carbocycles. The van der Waals surface area contributed by atoms with Crippen molar-refractivity contribution < 1.29 is 5.11 Å². The van der Waals surface area contributed by atoms with Gasteiger partial charge in [-0.1, -0.05) is 87.2 Å². The number of hydrogen-bond donors (Lipinski definition) is 1. The van der Waals surface area contributed by atoms with Gasteiger partial charge in [-0.3, -0.25) is 0 Å². The van der Waals surface area contributed by atoms with Crippen molar-refractivity contribution in [3.63, 3.8) is 0 Å². The Morgan fingerprint density at radius 1 is 0.741 bits per heavy atom. The lowest BCUT2D eigenvalue weighted by atomic mass is 9.90. The molecule has 0 saturated carbocycles. The van der Waals surface area contributed by atoms with Crippen molar-refractivity contribution >= 4 is 0 Å². The number of aromatic hydroxyl groups is 1. The normalized spacial score (nSPS) is 12.0. The third kappa shape index (κ3) is 3.51. The number of benzene rings is 3. The fourth-order valence-corrected chi connectivity index (χ4v) is 4.42. The number of phenolic OH excluding ortho intramolecular Hbond substituents is 1. The van der Waals surface area contributed by atoms with Gasteiger partial charge in [0.15, 0.2) is 0 Å². The van der Waals surface area contributed by atoms with Crippen LogP contribution in [0.4, 0.5) is 0 Å². The molecule has 0 heterocycles. The Bertz CT molecular complexity index is 939. The van der Waals surface area contributed by atoms with Crippen LogP contribution >= 0.6 is 0 Å². The van der Waals surface area contributed by atoms with Gasteiger partial charge in [0.2, 0.25) is 0 Å². The second-order valence-electron chi connectivity index (χ2n) is 7.64.